The molecular weight excluding hydrogens is 304 g/mol. The Morgan fingerprint density at radius 3 is 2.48 bits per heavy atom. The molecule has 0 fully saturated rings. The number of nitrogens with two attached hydrogens (primary N) is 1. The van der Waals surface area contributed by atoms with Crippen LogP contribution in [0.4, 0.5) is 0 Å². The van der Waals surface area contributed by atoms with Crippen LogP contribution in [0.5, 0.6) is 0 Å². The minimum Gasteiger partial charge on any atom is -0.330 e. The standard InChI is InChI=1S/C15H20N2O2S2/c1-12-8-10-20-15(12)11-17-21(18,19)14-6-4-13(5-7-14)3-2-9-16/h4-8,10,17H,2-3,9,11,16H2,1H3. The van der Waals surface area contributed by atoms with Crippen LogP contribution in [0.3, 0.4) is 0 Å². The lowest BCUT2D eigenvalue weighted by Gasteiger charge is -2.07. The zero-order chi connectivity index (χ0) is 15.3. The summed E-state index contributed by atoms with van der Waals surface area (Å²) >= 11 is 1.56. The highest BCUT2D eigenvalue weighted by molar-refractivity contribution is 7.89. The van der Waals surface area contributed by atoms with Gasteiger partial charge in [-0.25, -0.2) is 13.1 Å². The number of thiophene rings is 1. The van der Waals surface area contributed by atoms with Gasteiger partial charge in [-0.2, -0.15) is 0 Å². The lowest BCUT2D eigenvalue weighted by molar-refractivity contribution is 0.581. The molecule has 0 aliphatic heterocycles. The van der Waals surface area contributed by atoms with Crippen LogP contribution in [-0.2, 0) is 23.0 Å². The van der Waals surface area contributed by atoms with Crippen molar-refractivity contribution in [2.24, 2.45) is 5.73 Å². The molecule has 1 aromatic heterocycles. The Bertz CT molecular complexity index is 676. The van der Waals surface area contributed by atoms with Crippen molar-refractivity contribution in [1.82, 2.24) is 4.72 Å². The van der Waals surface area contributed by atoms with E-state index in [1.165, 1.54) is 0 Å². The molecule has 21 heavy (non-hydrogen) atoms. The van der Waals surface area contributed by atoms with Crippen molar-refractivity contribution in [3.05, 3.63) is 51.7 Å². The van der Waals surface area contributed by atoms with E-state index < -0.39 is 10.0 Å². The van der Waals surface area contributed by atoms with Gasteiger partial charge in [0.25, 0.3) is 0 Å². The third-order valence-corrected chi connectivity index (χ3v) is 5.73. The van der Waals surface area contributed by atoms with Crippen LogP contribution in [0.2, 0.25) is 0 Å². The Kier molecular flexibility index (Phi) is 5.52. The molecule has 4 nitrogen and oxygen atoms in total. The Morgan fingerprint density at radius 2 is 1.90 bits per heavy atom. The van der Waals surface area contributed by atoms with E-state index in [1.807, 2.05) is 30.5 Å². The molecule has 0 aliphatic rings. The van der Waals surface area contributed by atoms with Crippen molar-refractivity contribution in [1.29, 1.82) is 0 Å². The molecule has 1 aromatic carbocycles. The van der Waals surface area contributed by atoms with E-state index in [-0.39, 0.29) is 0 Å². The highest BCUT2D eigenvalue weighted by atomic mass is 32.2. The van der Waals surface area contributed by atoms with Gasteiger partial charge in [0, 0.05) is 11.4 Å². The van der Waals surface area contributed by atoms with Crippen LogP contribution in [0.1, 0.15) is 22.4 Å². The van der Waals surface area contributed by atoms with Gasteiger partial charge in [0.1, 0.15) is 0 Å². The lowest BCUT2D eigenvalue weighted by Crippen LogP contribution is -2.23. The second-order valence-electron chi connectivity index (χ2n) is 4.89. The van der Waals surface area contributed by atoms with Crippen molar-refractivity contribution in [3.63, 3.8) is 0 Å². The van der Waals surface area contributed by atoms with Crippen LogP contribution < -0.4 is 10.5 Å². The molecule has 1 heterocycles. The van der Waals surface area contributed by atoms with Crippen molar-refractivity contribution in [3.8, 4) is 0 Å². The van der Waals surface area contributed by atoms with Crippen LogP contribution >= 0.6 is 11.3 Å². The van der Waals surface area contributed by atoms with Crippen molar-refractivity contribution < 1.29 is 8.42 Å². The second kappa shape index (κ2) is 7.17. The molecule has 0 saturated heterocycles. The molecule has 0 atom stereocenters. The number of nitrogens with one attached hydrogen (secondary N) is 1. The van der Waals surface area contributed by atoms with Gasteiger partial charge in [0.2, 0.25) is 10.0 Å². The summed E-state index contributed by atoms with van der Waals surface area (Å²) in [5, 5.41) is 1.96. The minimum atomic E-state index is -3.46. The molecule has 6 heteroatoms. The summed E-state index contributed by atoms with van der Waals surface area (Å²) in [6, 6.07) is 8.98. The summed E-state index contributed by atoms with van der Waals surface area (Å²) in [5.41, 5.74) is 7.68. The maximum Gasteiger partial charge on any atom is 0.240 e. The number of hydrogen-bond donors (Lipinski definition) is 2. The Hall–Kier alpha value is -1.21. The van der Waals surface area contributed by atoms with Gasteiger partial charge in [-0.3, -0.25) is 0 Å². The normalized spacial score (nSPS) is 11.7. The summed E-state index contributed by atoms with van der Waals surface area (Å²) < 4.78 is 27.1. The van der Waals surface area contributed by atoms with E-state index >= 15 is 0 Å². The van der Waals surface area contributed by atoms with Crippen molar-refractivity contribution >= 4 is 21.4 Å². The fourth-order valence-corrected chi connectivity index (χ4v) is 3.90. The van der Waals surface area contributed by atoms with Gasteiger partial charge < -0.3 is 5.73 Å². The summed E-state index contributed by atoms with van der Waals surface area (Å²) in [5.74, 6) is 0. The number of rotatable bonds is 7. The van der Waals surface area contributed by atoms with E-state index in [0.29, 0.717) is 18.0 Å². The monoisotopic (exact) mass is 324 g/mol. The third kappa shape index (κ3) is 4.38. The van der Waals surface area contributed by atoms with E-state index in [9.17, 15) is 8.42 Å². The highest BCUT2D eigenvalue weighted by Gasteiger charge is 2.14. The summed E-state index contributed by atoms with van der Waals surface area (Å²) in [6.45, 7) is 2.95. The van der Waals surface area contributed by atoms with Gasteiger partial charge in [-0.05, 0) is 61.0 Å². The average molecular weight is 324 g/mol. The second-order valence-corrected chi connectivity index (χ2v) is 7.66. The van der Waals surface area contributed by atoms with E-state index in [1.54, 1.807) is 23.5 Å². The molecule has 0 unspecified atom stereocenters. The highest BCUT2D eigenvalue weighted by Crippen LogP contribution is 2.17. The van der Waals surface area contributed by atoms with E-state index in [2.05, 4.69) is 4.72 Å². The van der Waals surface area contributed by atoms with Crippen molar-refractivity contribution in [2.75, 3.05) is 6.54 Å². The summed E-state index contributed by atoms with van der Waals surface area (Å²) in [6.07, 6.45) is 1.78. The number of hydrogen-bond acceptors (Lipinski definition) is 4. The molecule has 2 rings (SSSR count). The van der Waals surface area contributed by atoms with Crippen LogP contribution in [0.25, 0.3) is 0 Å². The van der Waals surface area contributed by atoms with Crippen molar-refractivity contribution in [2.45, 2.75) is 31.2 Å². The van der Waals surface area contributed by atoms with Gasteiger partial charge in [0.15, 0.2) is 0 Å². The zero-order valence-electron chi connectivity index (χ0n) is 12.0. The molecule has 114 valence electrons. The maximum atomic E-state index is 12.2. The smallest absolute Gasteiger partial charge is 0.240 e. The molecule has 0 saturated carbocycles. The first-order valence-electron chi connectivity index (χ1n) is 6.84. The Balaban J connectivity index is 2.03. The fourth-order valence-electron chi connectivity index (χ4n) is 1.97. The van der Waals surface area contributed by atoms with Gasteiger partial charge in [-0.15, -0.1) is 11.3 Å². The predicted octanol–water partition coefficient (Wildman–Crippen LogP) is 2.43. The molecule has 0 aliphatic carbocycles. The molecule has 0 amide bonds. The maximum absolute atomic E-state index is 12.2. The minimum absolute atomic E-state index is 0.299. The van der Waals surface area contributed by atoms with E-state index in [0.717, 1.165) is 28.8 Å². The molecule has 3 N–H and O–H groups in total. The predicted molar refractivity (Wildman–Crippen MR) is 86.9 cm³/mol. The van der Waals surface area contributed by atoms with E-state index in [4.69, 9.17) is 5.73 Å². The van der Waals surface area contributed by atoms with Gasteiger partial charge >= 0.3 is 0 Å². The van der Waals surface area contributed by atoms with Crippen LogP contribution in [-0.4, -0.2) is 15.0 Å². The number of benzene rings is 1. The topological polar surface area (TPSA) is 72.2 Å². The lowest BCUT2D eigenvalue weighted by atomic mass is 10.1. The third-order valence-electron chi connectivity index (χ3n) is 3.29. The van der Waals surface area contributed by atoms with Gasteiger partial charge in [-0.1, -0.05) is 12.1 Å². The SMILES string of the molecule is Cc1ccsc1CNS(=O)(=O)c1ccc(CCCN)cc1. The molecule has 2 aromatic rings. The largest absolute Gasteiger partial charge is 0.330 e. The van der Waals surface area contributed by atoms with Crippen LogP contribution in [0.15, 0.2) is 40.6 Å². The fraction of sp³-hybridized carbons (Fsp3) is 0.333. The number of sulfonamides is 1. The molecule has 0 radical (unpaired) electrons. The molecular formula is C15H20N2O2S2. The zero-order valence-corrected chi connectivity index (χ0v) is 13.6. The number of aryl methyl sites for hydroxylation is 2. The average Bonchev–Trinajstić information content (AvgIpc) is 2.89. The molecule has 0 spiro atoms. The van der Waals surface area contributed by atoms with Gasteiger partial charge in [0.05, 0.1) is 4.90 Å². The summed E-state index contributed by atoms with van der Waals surface area (Å²) in [7, 11) is -3.46. The van der Waals surface area contributed by atoms with Crippen LogP contribution in [0, 0.1) is 6.92 Å². The Morgan fingerprint density at radius 1 is 1.19 bits per heavy atom. The first kappa shape index (κ1) is 16.2. The Labute approximate surface area is 130 Å². The first-order valence-corrected chi connectivity index (χ1v) is 9.21. The molecule has 0 bridgehead atoms. The quantitative estimate of drug-likeness (QED) is 0.821. The first-order chi connectivity index (χ1) is 10.0. The summed E-state index contributed by atoms with van der Waals surface area (Å²) in [4.78, 5) is 1.34.